The van der Waals surface area contributed by atoms with E-state index >= 15 is 0 Å². The molecule has 1 saturated carbocycles. The number of nitrogens with one attached hydrogen (secondary N) is 3. The number of alkyl halides is 1. The molecule has 0 bridgehead atoms. The average molecular weight is 519 g/mol. The molecule has 9 nitrogen and oxygen atoms in total. The molecule has 192 valence electrons. The first-order valence-corrected chi connectivity index (χ1v) is 12.6. The number of morpholine rings is 1. The number of hydrogen-bond donors (Lipinski definition) is 3. The van der Waals surface area contributed by atoms with E-state index in [1.165, 1.54) is 4.90 Å². The summed E-state index contributed by atoms with van der Waals surface area (Å²) in [6.07, 6.45) is 2.52. The second kappa shape index (κ2) is 9.82. The number of Topliss-reactive ketones (excluding diaryl/α,β-unsaturated/α-hetero) is 1. The van der Waals surface area contributed by atoms with Gasteiger partial charge in [0.15, 0.2) is 5.78 Å². The quantitative estimate of drug-likeness (QED) is 0.518. The Kier molecular flexibility index (Phi) is 6.74. The maximum absolute atomic E-state index is 13.7. The van der Waals surface area contributed by atoms with Crippen LogP contribution in [0.1, 0.15) is 42.6 Å². The Morgan fingerprint density at radius 1 is 1.31 bits per heavy atom. The third-order valence-electron chi connectivity index (χ3n) is 7.60. The van der Waals surface area contributed by atoms with Gasteiger partial charge in [-0.05, 0) is 44.2 Å². The van der Waals surface area contributed by atoms with Gasteiger partial charge >= 0.3 is 0 Å². The zero-order valence-corrected chi connectivity index (χ0v) is 20.4. The first-order chi connectivity index (χ1) is 17.3. The SMILES string of the molecule is O=C1NCC[C@H]1C[C@@H](NC(=O)[C@H]1N(C(=O)c2cc3cccc(Cl)c3[nH]2)CCOC12CCC2)C(=O)CF. The van der Waals surface area contributed by atoms with Crippen molar-refractivity contribution in [1.82, 2.24) is 20.5 Å². The number of carbonyl (C=O) groups is 4. The van der Waals surface area contributed by atoms with Gasteiger partial charge in [-0.3, -0.25) is 19.2 Å². The highest BCUT2D eigenvalue weighted by Crippen LogP contribution is 2.43. The molecule has 1 aliphatic carbocycles. The highest BCUT2D eigenvalue weighted by molar-refractivity contribution is 6.35. The van der Waals surface area contributed by atoms with Crippen molar-refractivity contribution in [2.75, 3.05) is 26.4 Å². The first-order valence-electron chi connectivity index (χ1n) is 12.2. The number of fused-ring (bicyclic) bond motifs is 1. The van der Waals surface area contributed by atoms with Gasteiger partial charge in [0, 0.05) is 24.4 Å². The highest BCUT2D eigenvalue weighted by Gasteiger charge is 2.55. The van der Waals surface area contributed by atoms with E-state index in [1.54, 1.807) is 18.2 Å². The minimum atomic E-state index is -1.26. The Bertz CT molecular complexity index is 1210. The summed E-state index contributed by atoms with van der Waals surface area (Å²) in [5.74, 6) is -2.47. The fraction of sp³-hybridized carbons (Fsp3) is 0.520. The van der Waals surface area contributed by atoms with Crippen molar-refractivity contribution in [2.45, 2.75) is 49.8 Å². The van der Waals surface area contributed by atoms with Crippen LogP contribution in [0.2, 0.25) is 5.02 Å². The van der Waals surface area contributed by atoms with Gasteiger partial charge in [0.05, 0.1) is 28.8 Å². The molecule has 2 aromatic rings. The van der Waals surface area contributed by atoms with Gasteiger partial charge in [-0.25, -0.2) is 4.39 Å². The lowest BCUT2D eigenvalue weighted by Crippen LogP contribution is -2.69. The number of rotatable bonds is 7. The molecular weight excluding hydrogens is 491 g/mol. The minimum absolute atomic E-state index is 0.00929. The summed E-state index contributed by atoms with van der Waals surface area (Å²) in [4.78, 5) is 56.3. The smallest absolute Gasteiger partial charge is 0.271 e. The number of halogens is 2. The lowest BCUT2D eigenvalue weighted by atomic mass is 9.72. The Labute approximate surface area is 212 Å². The first kappa shape index (κ1) is 24.7. The number of carbonyl (C=O) groups excluding carboxylic acids is 4. The van der Waals surface area contributed by atoms with Crippen LogP contribution in [0.3, 0.4) is 0 Å². The molecule has 3 amide bonds. The highest BCUT2D eigenvalue weighted by atomic mass is 35.5. The molecule has 1 spiro atoms. The van der Waals surface area contributed by atoms with Crippen LogP contribution in [0.5, 0.6) is 0 Å². The van der Waals surface area contributed by atoms with Crippen LogP contribution in [0.4, 0.5) is 4.39 Å². The van der Waals surface area contributed by atoms with Crippen LogP contribution in [0.25, 0.3) is 10.9 Å². The molecule has 3 heterocycles. The fourth-order valence-corrected chi connectivity index (χ4v) is 5.77. The number of aromatic amines is 1. The number of aromatic nitrogens is 1. The topological polar surface area (TPSA) is 121 Å². The van der Waals surface area contributed by atoms with Gasteiger partial charge in [-0.15, -0.1) is 0 Å². The summed E-state index contributed by atoms with van der Waals surface area (Å²) in [5, 5.41) is 6.60. The fourth-order valence-electron chi connectivity index (χ4n) is 5.54. The maximum atomic E-state index is 13.7. The normalized spacial score (nSPS) is 23.8. The molecular formula is C25H28ClFN4O5. The van der Waals surface area contributed by atoms with Crippen molar-refractivity contribution in [1.29, 1.82) is 0 Å². The number of amides is 3. The van der Waals surface area contributed by atoms with E-state index in [1.807, 2.05) is 6.07 Å². The number of benzene rings is 1. The monoisotopic (exact) mass is 518 g/mol. The Hall–Kier alpha value is -2.98. The largest absolute Gasteiger partial charge is 0.370 e. The molecule has 36 heavy (non-hydrogen) atoms. The van der Waals surface area contributed by atoms with Crippen molar-refractivity contribution in [3.05, 3.63) is 35.0 Å². The molecule has 1 aromatic heterocycles. The summed E-state index contributed by atoms with van der Waals surface area (Å²) in [7, 11) is 0. The van der Waals surface area contributed by atoms with Gasteiger partial charge in [0.25, 0.3) is 5.91 Å². The second-order valence-corrected chi connectivity index (χ2v) is 10.1. The van der Waals surface area contributed by atoms with E-state index in [2.05, 4.69) is 15.6 Å². The third-order valence-corrected chi connectivity index (χ3v) is 7.91. The number of para-hydroxylation sites is 1. The molecule has 3 atom stereocenters. The summed E-state index contributed by atoms with van der Waals surface area (Å²) in [5.41, 5.74) is 0.0419. The zero-order valence-electron chi connectivity index (χ0n) is 19.6. The number of hydrogen-bond acceptors (Lipinski definition) is 5. The maximum Gasteiger partial charge on any atom is 0.271 e. The van der Waals surface area contributed by atoms with Gasteiger partial charge in [-0.1, -0.05) is 23.7 Å². The van der Waals surface area contributed by atoms with Crippen LogP contribution < -0.4 is 10.6 Å². The predicted molar refractivity (Wildman–Crippen MR) is 129 cm³/mol. The predicted octanol–water partition coefficient (Wildman–Crippen LogP) is 2.13. The summed E-state index contributed by atoms with van der Waals surface area (Å²) in [6.45, 7) is -0.339. The molecule has 0 unspecified atom stereocenters. The van der Waals surface area contributed by atoms with E-state index in [-0.39, 0.29) is 37.1 Å². The van der Waals surface area contributed by atoms with Crippen molar-refractivity contribution >= 4 is 46.0 Å². The molecule has 3 aliphatic rings. The van der Waals surface area contributed by atoms with E-state index < -0.39 is 42.0 Å². The minimum Gasteiger partial charge on any atom is -0.370 e. The van der Waals surface area contributed by atoms with Crippen molar-refractivity contribution in [3.8, 4) is 0 Å². The lowest BCUT2D eigenvalue weighted by Gasteiger charge is -2.53. The molecule has 2 saturated heterocycles. The molecule has 11 heteroatoms. The Morgan fingerprint density at radius 2 is 2.11 bits per heavy atom. The molecule has 5 rings (SSSR count). The molecule has 3 fully saturated rings. The van der Waals surface area contributed by atoms with Crippen molar-refractivity contribution < 1.29 is 28.3 Å². The van der Waals surface area contributed by atoms with E-state index in [9.17, 15) is 23.6 Å². The van der Waals surface area contributed by atoms with Crippen LogP contribution in [-0.2, 0) is 19.1 Å². The molecule has 2 aliphatic heterocycles. The van der Waals surface area contributed by atoms with Crippen LogP contribution >= 0.6 is 11.6 Å². The van der Waals surface area contributed by atoms with Gasteiger partial charge in [0.1, 0.15) is 18.4 Å². The average Bonchev–Trinajstić information content (AvgIpc) is 3.48. The summed E-state index contributed by atoms with van der Waals surface area (Å²) < 4.78 is 19.4. The summed E-state index contributed by atoms with van der Waals surface area (Å²) in [6, 6.07) is 4.86. The standard InChI is InChI=1S/C25H28ClFN4O5/c26-16-4-1-3-14-11-18(29-20(14)16)24(35)31-9-10-36-25(6-2-7-25)21(31)23(34)30-17(19(32)13-27)12-15-5-8-28-22(15)33/h1,3-4,11,15,17,21,29H,2,5-10,12-13H2,(H,28,33)(H,30,34)/t15-,17+,21+/m0/s1. The van der Waals surface area contributed by atoms with Crippen molar-refractivity contribution in [2.24, 2.45) is 5.92 Å². The van der Waals surface area contributed by atoms with Gasteiger partial charge in [0.2, 0.25) is 11.8 Å². The number of ether oxygens (including phenoxy) is 1. The van der Waals surface area contributed by atoms with E-state index in [4.69, 9.17) is 16.3 Å². The van der Waals surface area contributed by atoms with Crippen LogP contribution in [0.15, 0.2) is 24.3 Å². The molecule has 3 N–H and O–H groups in total. The second-order valence-electron chi connectivity index (χ2n) is 9.73. The van der Waals surface area contributed by atoms with E-state index in [0.717, 1.165) is 11.8 Å². The number of nitrogens with zero attached hydrogens (tertiary/aromatic N) is 1. The molecule has 1 aromatic carbocycles. The van der Waals surface area contributed by atoms with Gasteiger partial charge < -0.3 is 25.3 Å². The van der Waals surface area contributed by atoms with Gasteiger partial charge in [-0.2, -0.15) is 0 Å². The number of H-pyrrole nitrogens is 1. The van der Waals surface area contributed by atoms with E-state index in [0.29, 0.717) is 36.3 Å². The summed E-state index contributed by atoms with van der Waals surface area (Å²) >= 11 is 6.27. The third kappa shape index (κ3) is 4.37. The van der Waals surface area contributed by atoms with Crippen LogP contribution in [0, 0.1) is 5.92 Å². The lowest BCUT2D eigenvalue weighted by molar-refractivity contribution is -0.184. The zero-order chi connectivity index (χ0) is 25.4. The Morgan fingerprint density at radius 3 is 2.75 bits per heavy atom. The number of ketones is 1. The van der Waals surface area contributed by atoms with Crippen molar-refractivity contribution in [3.63, 3.8) is 0 Å². The van der Waals surface area contributed by atoms with Crippen LogP contribution in [-0.4, -0.2) is 77.4 Å². The molecule has 0 radical (unpaired) electrons. The Balaban J connectivity index is 1.42.